The first-order valence-corrected chi connectivity index (χ1v) is 14.1. The molecule has 0 radical (unpaired) electrons. The number of hydrogen-bond donors (Lipinski definition) is 3. The van der Waals surface area contributed by atoms with Gasteiger partial charge in [-0.25, -0.2) is 4.52 Å². The molecule has 4 fully saturated rings. The number of carbonyl (C=O) groups excluding carboxylic acids is 1. The monoisotopic (exact) mass is 537 g/mol. The van der Waals surface area contributed by atoms with Crippen molar-refractivity contribution in [2.45, 2.75) is 43.7 Å². The molecule has 2 aromatic heterocycles. The molecule has 1 amide bonds. The van der Waals surface area contributed by atoms with Crippen LogP contribution >= 0.6 is 0 Å². The number of fused-ring (bicyclic) bond motifs is 2. The van der Waals surface area contributed by atoms with Gasteiger partial charge in [-0.3, -0.25) is 4.79 Å². The average Bonchev–Trinajstić information content (AvgIpc) is 3.65. The first kappa shape index (κ1) is 25.0. The second kappa shape index (κ2) is 9.31. The van der Waals surface area contributed by atoms with Gasteiger partial charge in [0.05, 0.1) is 16.8 Å². The van der Waals surface area contributed by atoms with E-state index in [1.807, 2.05) is 53.6 Å². The van der Waals surface area contributed by atoms with Crippen LogP contribution in [0.2, 0.25) is 0 Å². The maximum atomic E-state index is 13.2. The van der Waals surface area contributed by atoms with Gasteiger partial charge in [0, 0.05) is 43.6 Å². The van der Waals surface area contributed by atoms with E-state index in [1.165, 1.54) is 5.56 Å². The lowest BCUT2D eigenvalue weighted by molar-refractivity contribution is 0.0118. The van der Waals surface area contributed by atoms with Crippen molar-refractivity contribution in [2.24, 2.45) is 11.7 Å². The van der Waals surface area contributed by atoms with Gasteiger partial charge in [0.15, 0.2) is 5.65 Å². The Morgan fingerprint density at radius 2 is 1.80 bits per heavy atom. The van der Waals surface area contributed by atoms with Crippen LogP contribution in [0.15, 0.2) is 66.9 Å². The second-order valence-electron chi connectivity index (χ2n) is 11.8. The highest BCUT2D eigenvalue weighted by atomic mass is 16.3. The molecule has 1 saturated carbocycles. The molecule has 3 aliphatic heterocycles. The van der Waals surface area contributed by atoms with Crippen LogP contribution in [0.5, 0.6) is 0 Å². The third-order valence-electron chi connectivity index (χ3n) is 9.23. The molecule has 1 aliphatic carbocycles. The molecular weight excluding hydrogens is 502 g/mol. The van der Waals surface area contributed by atoms with Crippen molar-refractivity contribution in [3.05, 3.63) is 83.6 Å². The van der Waals surface area contributed by atoms with Crippen molar-refractivity contribution in [1.82, 2.24) is 19.5 Å². The number of aliphatic hydroxyl groups is 1. The van der Waals surface area contributed by atoms with Crippen molar-refractivity contribution >= 4 is 28.9 Å². The Labute approximate surface area is 233 Å². The zero-order chi connectivity index (χ0) is 27.5. The summed E-state index contributed by atoms with van der Waals surface area (Å²) >= 11 is 0. The third kappa shape index (κ3) is 4.12. The van der Waals surface area contributed by atoms with Crippen LogP contribution in [0.1, 0.15) is 47.2 Å². The van der Waals surface area contributed by atoms with Gasteiger partial charge >= 0.3 is 0 Å². The molecule has 0 atom stereocenters. The molecule has 9 heteroatoms. The van der Waals surface area contributed by atoms with Crippen molar-refractivity contribution < 1.29 is 9.90 Å². The molecule has 2 aromatic carbocycles. The van der Waals surface area contributed by atoms with Gasteiger partial charge in [-0.05, 0) is 80.5 Å². The summed E-state index contributed by atoms with van der Waals surface area (Å²) in [5.74, 6) is 1.15. The fraction of sp³-hybridized carbons (Fsp3) is 0.387. The molecule has 2 bridgehead atoms. The maximum Gasteiger partial charge on any atom is 0.254 e. The summed E-state index contributed by atoms with van der Waals surface area (Å²) in [7, 11) is 0. The number of nitrogens with two attached hydrogens (primary N) is 1. The van der Waals surface area contributed by atoms with E-state index in [-0.39, 0.29) is 11.4 Å². The molecule has 206 valence electrons. The Hall–Kier alpha value is -3.95. The van der Waals surface area contributed by atoms with Crippen molar-refractivity contribution in [3.63, 3.8) is 0 Å². The van der Waals surface area contributed by atoms with E-state index in [4.69, 9.17) is 10.7 Å². The van der Waals surface area contributed by atoms with Crippen molar-refractivity contribution in [3.8, 4) is 0 Å². The standard InChI is InChI=1S/C31H35N7O2/c1-21-4-8-24(9-5-21)31(40)12-15-36(16-13-31)26-3-2-14-38-27(26)34-29(35-38)33-25-10-6-23(7-11-25)28(39)37-19-22-17-30(37,18-22)20-32/h2-11,14,22,40H,12-13,15-20,32H2,1H3,(H,33,35). The summed E-state index contributed by atoms with van der Waals surface area (Å²) in [6.45, 7) is 4.84. The highest BCUT2D eigenvalue weighted by Crippen LogP contribution is 2.50. The Bertz CT molecular complexity index is 1550. The summed E-state index contributed by atoms with van der Waals surface area (Å²) in [5.41, 5.74) is 10.5. The zero-order valence-corrected chi connectivity index (χ0v) is 22.8. The molecular formula is C31H35N7O2. The average molecular weight is 538 g/mol. The normalized spacial score (nSPS) is 23.3. The van der Waals surface area contributed by atoms with Gasteiger partial charge in [-0.1, -0.05) is 29.8 Å². The maximum absolute atomic E-state index is 13.2. The Balaban J connectivity index is 1.05. The van der Waals surface area contributed by atoms with Crippen molar-refractivity contribution in [1.29, 1.82) is 0 Å². The Kier molecular flexibility index (Phi) is 5.83. The van der Waals surface area contributed by atoms with E-state index in [1.54, 1.807) is 4.52 Å². The number of amides is 1. The number of piperidine rings is 1. The number of nitrogens with one attached hydrogen (secondary N) is 1. The molecule has 4 N–H and O–H groups in total. The summed E-state index contributed by atoms with van der Waals surface area (Å²) in [6.07, 6.45) is 5.24. The van der Waals surface area contributed by atoms with Crippen LogP contribution in [0.25, 0.3) is 5.65 Å². The fourth-order valence-corrected chi connectivity index (χ4v) is 6.83. The Morgan fingerprint density at radius 3 is 2.50 bits per heavy atom. The van der Waals surface area contributed by atoms with Gasteiger partial charge in [0.1, 0.15) is 0 Å². The predicted octanol–water partition coefficient (Wildman–Crippen LogP) is 3.83. The van der Waals surface area contributed by atoms with Gasteiger partial charge in [0.25, 0.3) is 5.91 Å². The lowest BCUT2D eigenvalue weighted by atomic mass is 9.73. The third-order valence-corrected chi connectivity index (χ3v) is 9.23. The highest BCUT2D eigenvalue weighted by Gasteiger charge is 2.56. The van der Waals surface area contributed by atoms with Crippen LogP contribution in [0, 0.1) is 12.8 Å². The topological polar surface area (TPSA) is 112 Å². The van der Waals surface area contributed by atoms with Gasteiger partial charge in [0.2, 0.25) is 5.95 Å². The first-order valence-electron chi connectivity index (χ1n) is 14.1. The van der Waals surface area contributed by atoms with E-state index >= 15 is 0 Å². The summed E-state index contributed by atoms with van der Waals surface area (Å²) in [4.78, 5) is 22.2. The van der Waals surface area contributed by atoms with Gasteiger partial charge in [-0.2, -0.15) is 4.98 Å². The highest BCUT2D eigenvalue weighted by molar-refractivity contribution is 5.95. The summed E-state index contributed by atoms with van der Waals surface area (Å²) < 4.78 is 1.78. The number of aromatic nitrogens is 3. The molecule has 4 aromatic rings. The summed E-state index contributed by atoms with van der Waals surface area (Å²) in [5, 5.41) is 19.3. The quantitative estimate of drug-likeness (QED) is 0.343. The minimum absolute atomic E-state index is 0.0586. The van der Waals surface area contributed by atoms with Crippen LogP contribution in [-0.2, 0) is 5.60 Å². The Morgan fingerprint density at radius 1 is 1.07 bits per heavy atom. The van der Waals surface area contributed by atoms with E-state index < -0.39 is 5.60 Å². The minimum atomic E-state index is -0.816. The molecule has 9 nitrogen and oxygen atoms in total. The minimum Gasteiger partial charge on any atom is -0.385 e. The van der Waals surface area contributed by atoms with Crippen LogP contribution < -0.4 is 16.0 Å². The predicted molar refractivity (Wildman–Crippen MR) is 155 cm³/mol. The lowest BCUT2D eigenvalue weighted by Gasteiger charge is -2.41. The van der Waals surface area contributed by atoms with Crippen LogP contribution in [-0.4, -0.2) is 62.2 Å². The molecule has 4 aliphatic rings. The number of hydrogen-bond acceptors (Lipinski definition) is 7. The number of benzene rings is 2. The van der Waals surface area contributed by atoms with E-state index in [2.05, 4.69) is 40.4 Å². The molecule has 40 heavy (non-hydrogen) atoms. The largest absolute Gasteiger partial charge is 0.385 e. The number of pyridine rings is 1. The van der Waals surface area contributed by atoms with E-state index in [9.17, 15) is 9.90 Å². The number of rotatable bonds is 6. The molecule has 8 rings (SSSR count). The number of aryl methyl sites for hydroxylation is 1. The second-order valence-corrected chi connectivity index (χ2v) is 11.8. The number of nitrogens with zero attached hydrogens (tertiary/aromatic N) is 5. The van der Waals surface area contributed by atoms with Crippen LogP contribution in [0.3, 0.4) is 0 Å². The smallest absolute Gasteiger partial charge is 0.254 e. The number of carbonyl (C=O) groups is 1. The van der Waals surface area contributed by atoms with Gasteiger partial charge < -0.3 is 26.0 Å². The SMILES string of the molecule is Cc1ccc(C2(O)CCN(c3cccn4nc(Nc5ccc(C(=O)N6CC7CC6(CN)C7)cc5)nc34)CC2)cc1. The fourth-order valence-electron chi connectivity index (χ4n) is 6.83. The number of anilines is 3. The van der Waals surface area contributed by atoms with Gasteiger partial charge in [-0.15, -0.1) is 5.10 Å². The van der Waals surface area contributed by atoms with Crippen LogP contribution in [0.4, 0.5) is 17.3 Å². The summed E-state index contributed by atoms with van der Waals surface area (Å²) in [6, 6.07) is 19.7. The lowest BCUT2D eigenvalue weighted by Crippen LogP contribution is -2.53. The molecule has 5 heterocycles. The zero-order valence-electron chi connectivity index (χ0n) is 22.8. The van der Waals surface area contributed by atoms with E-state index in [0.717, 1.165) is 55.1 Å². The van der Waals surface area contributed by atoms with Crippen molar-refractivity contribution in [2.75, 3.05) is 36.4 Å². The molecule has 0 spiro atoms. The first-order chi connectivity index (χ1) is 19.4. The van der Waals surface area contributed by atoms with E-state index in [0.29, 0.717) is 36.8 Å². The molecule has 3 saturated heterocycles. The molecule has 0 unspecified atom stereocenters.